The van der Waals surface area contributed by atoms with Crippen LogP contribution in [0.1, 0.15) is 18.2 Å². The first-order valence-electron chi connectivity index (χ1n) is 9.02. The van der Waals surface area contributed by atoms with Crippen LogP contribution in [-0.2, 0) is 4.79 Å². The van der Waals surface area contributed by atoms with E-state index in [1.165, 1.54) is 6.08 Å². The second-order valence-corrected chi connectivity index (χ2v) is 6.68. The van der Waals surface area contributed by atoms with Gasteiger partial charge in [0.05, 0.1) is 6.61 Å². The number of anilines is 1. The molecule has 1 heterocycles. The number of furan rings is 1. The summed E-state index contributed by atoms with van der Waals surface area (Å²) in [6.45, 7) is 4.41. The lowest BCUT2D eigenvalue weighted by molar-refractivity contribution is -0.112. The Bertz CT molecular complexity index is 1090. The van der Waals surface area contributed by atoms with Crippen molar-refractivity contribution >= 4 is 29.3 Å². The SMILES string of the molecule is CCOc1ccc(NC(=O)/C(C#N)=C\c2ccc(-c3cc(Cl)ccc3C)o2)cc1. The fourth-order valence-corrected chi connectivity index (χ4v) is 2.90. The molecule has 146 valence electrons. The third-order valence-corrected chi connectivity index (χ3v) is 4.40. The van der Waals surface area contributed by atoms with Gasteiger partial charge in [-0.15, -0.1) is 0 Å². The monoisotopic (exact) mass is 406 g/mol. The number of ether oxygens (including phenoxy) is 1. The number of rotatable bonds is 6. The number of carbonyl (C=O) groups is 1. The summed E-state index contributed by atoms with van der Waals surface area (Å²) in [7, 11) is 0. The predicted molar refractivity (Wildman–Crippen MR) is 114 cm³/mol. The van der Waals surface area contributed by atoms with Gasteiger partial charge in [0.15, 0.2) is 0 Å². The number of amides is 1. The Morgan fingerprint density at radius 1 is 1.21 bits per heavy atom. The molecule has 0 fully saturated rings. The molecule has 0 spiro atoms. The average molecular weight is 407 g/mol. The van der Waals surface area contributed by atoms with Crippen molar-refractivity contribution in [3.63, 3.8) is 0 Å². The van der Waals surface area contributed by atoms with Crippen molar-refractivity contribution in [3.8, 4) is 23.1 Å². The van der Waals surface area contributed by atoms with E-state index in [9.17, 15) is 10.1 Å². The fourth-order valence-electron chi connectivity index (χ4n) is 2.73. The first-order chi connectivity index (χ1) is 14.0. The maximum absolute atomic E-state index is 12.4. The smallest absolute Gasteiger partial charge is 0.266 e. The number of nitriles is 1. The van der Waals surface area contributed by atoms with Crippen molar-refractivity contribution in [2.75, 3.05) is 11.9 Å². The van der Waals surface area contributed by atoms with Crippen LogP contribution < -0.4 is 10.1 Å². The maximum atomic E-state index is 12.4. The second kappa shape index (κ2) is 9.13. The predicted octanol–water partition coefficient (Wildman–Crippen LogP) is 5.85. The van der Waals surface area contributed by atoms with Crippen LogP contribution in [0.4, 0.5) is 5.69 Å². The van der Waals surface area contributed by atoms with Crippen LogP contribution in [0.2, 0.25) is 5.02 Å². The molecular formula is C23H19ClN2O3. The maximum Gasteiger partial charge on any atom is 0.266 e. The molecule has 0 aliphatic heterocycles. The molecule has 0 radical (unpaired) electrons. The van der Waals surface area contributed by atoms with Crippen molar-refractivity contribution in [3.05, 3.63) is 76.5 Å². The first kappa shape index (κ1) is 20.2. The highest BCUT2D eigenvalue weighted by atomic mass is 35.5. The third kappa shape index (κ3) is 5.07. The highest BCUT2D eigenvalue weighted by Crippen LogP contribution is 2.29. The number of aryl methyl sites for hydroxylation is 1. The van der Waals surface area contributed by atoms with E-state index in [2.05, 4.69) is 5.32 Å². The molecule has 0 aliphatic rings. The van der Waals surface area contributed by atoms with Gasteiger partial charge in [-0.2, -0.15) is 5.26 Å². The Hall–Kier alpha value is -3.49. The van der Waals surface area contributed by atoms with Crippen LogP contribution in [0, 0.1) is 18.3 Å². The van der Waals surface area contributed by atoms with Crippen LogP contribution in [-0.4, -0.2) is 12.5 Å². The van der Waals surface area contributed by atoms with Crippen molar-refractivity contribution in [1.29, 1.82) is 5.26 Å². The van der Waals surface area contributed by atoms with Crippen LogP contribution in [0.5, 0.6) is 5.75 Å². The molecule has 0 saturated heterocycles. The lowest BCUT2D eigenvalue weighted by Crippen LogP contribution is -2.13. The van der Waals surface area contributed by atoms with Gasteiger partial charge < -0.3 is 14.5 Å². The Morgan fingerprint density at radius 3 is 2.66 bits per heavy atom. The highest BCUT2D eigenvalue weighted by Gasteiger charge is 2.12. The number of hydrogen-bond acceptors (Lipinski definition) is 4. The Kier molecular flexibility index (Phi) is 6.38. The van der Waals surface area contributed by atoms with Gasteiger partial charge in [0.2, 0.25) is 0 Å². The van der Waals surface area contributed by atoms with Crippen LogP contribution >= 0.6 is 11.6 Å². The minimum absolute atomic E-state index is 0.0670. The summed E-state index contributed by atoms with van der Waals surface area (Å²) < 4.78 is 11.2. The van der Waals surface area contributed by atoms with Crippen molar-refractivity contribution in [1.82, 2.24) is 0 Å². The number of benzene rings is 2. The molecule has 1 aromatic heterocycles. The number of halogens is 1. The van der Waals surface area contributed by atoms with E-state index in [4.69, 9.17) is 20.8 Å². The number of carbonyl (C=O) groups excluding carboxylic acids is 1. The summed E-state index contributed by atoms with van der Waals surface area (Å²) in [6, 6.07) is 17.9. The van der Waals surface area contributed by atoms with E-state index < -0.39 is 5.91 Å². The Labute approximate surface area is 174 Å². The van der Waals surface area contributed by atoms with Crippen LogP contribution in [0.25, 0.3) is 17.4 Å². The van der Waals surface area contributed by atoms with E-state index in [1.54, 1.807) is 36.4 Å². The van der Waals surface area contributed by atoms with E-state index in [0.29, 0.717) is 34.6 Å². The summed E-state index contributed by atoms with van der Waals surface area (Å²) in [4.78, 5) is 12.4. The molecule has 3 rings (SSSR count). The Balaban J connectivity index is 1.77. The highest BCUT2D eigenvalue weighted by molar-refractivity contribution is 6.30. The number of nitrogens with zero attached hydrogens (tertiary/aromatic N) is 1. The van der Waals surface area contributed by atoms with Gasteiger partial charge in [-0.25, -0.2) is 0 Å². The summed E-state index contributed by atoms with van der Waals surface area (Å²) in [5, 5.41) is 12.7. The van der Waals surface area contributed by atoms with Crippen molar-refractivity contribution in [2.24, 2.45) is 0 Å². The topological polar surface area (TPSA) is 75.3 Å². The molecule has 0 unspecified atom stereocenters. The van der Waals surface area contributed by atoms with Gasteiger partial charge >= 0.3 is 0 Å². The molecule has 1 amide bonds. The molecular weight excluding hydrogens is 388 g/mol. The van der Waals surface area contributed by atoms with E-state index in [1.807, 2.05) is 38.1 Å². The second-order valence-electron chi connectivity index (χ2n) is 6.24. The zero-order valence-corrected chi connectivity index (χ0v) is 16.8. The molecule has 5 nitrogen and oxygen atoms in total. The van der Waals surface area contributed by atoms with Crippen molar-refractivity contribution in [2.45, 2.75) is 13.8 Å². The minimum atomic E-state index is -0.520. The van der Waals surface area contributed by atoms with Crippen LogP contribution in [0.15, 0.2) is 64.6 Å². The molecule has 3 aromatic rings. The molecule has 0 atom stereocenters. The minimum Gasteiger partial charge on any atom is -0.494 e. The van der Waals surface area contributed by atoms with Gasteiger partial charge in [0.1, 0.15) is 28.9 Å². The number of hydrogen-bond donors (Lipinski definition) is 1. The lowest BCUT2D eigenvalue weighted by Gasteiger charge is -2.06. The molecule has 1 N–H and O–H groups in total. The summed E-state index contributed by atoms with van der Waals surface area (Å²) >= 11 is 6.07. The average Bonchev–Trinajstić information content (AvgIpc) is 3.18. The molecule has 0 bridgehead atoms. The zero-order chi connectivity index (χ0) is 20.8. The van der Waals surface area contributed by atoms with Gasteiger partial charge in [-0.05, 0) is 67.9 Å². The normalized spacial score (nSPS) is 11.0. The van der Waals surface area contributed by atoms with Gasteiger partial charge in [0.25, 0.3) is 5.91 Å². The van der Waals surface area contributed by atoms with Crippen LogP contribution in [0.3, 0.4) is 0 Å². The van der Waals surface area contributed by atoms with E-state index in [0.717, 1.165) is 11.1 Å². The Morgan fingerprint density at radius 2 is 1.97 bits per heavy atom. The first-order valence-corrected chi connectivity index (χ1v) is 9.40. The van der Waals surface area contributed by atoms with Gasteiger partial charge in [0, 0.05) is 22.3 Å². The third-order valence-electron chi connectivity index (χ3n) is 4.17. The van der Waals surface area contributed by atoms with Crippen molar-refractivity contribution < 1.29 is 13.9 Å². The molecule has 0 saturated carbocycles. The standard InChI is InChI=1S/C23H19ClN2O3/c1-3-28-19-8-6-18(7-9-19)26-23(27)16(14-25)12-20-10-11-22(29-20)21-13-17(24)5-4-15(21)2/h4-13H,3H2,1-2H3,(H,26,27)/b16-12-. The lowest BCUT2D eigenvalue weighted by atomic mass is 10.1. The zero-order valence-electron chi connectivity index (χ0n) is 16.0. The van der Waals surface area contributed by atoms with Gasteiger partial charge in [-0.3, -0.25) is 4.79 Å². The number of nitrogens with one attached hydrogen (secondary N) is 1. The fraction of sp³-hybridized carbons (Fsp3) is 0.130. The summed E-state index contributed by atoms with van der Waals surface area (Å²) in [5.74, 6) is 1.20. The largest absolute Gasteiger partial charge is 0.494 e. The van der Waals surface area contributed by atoms with Gasteiger partial charge in [-0.1, -0.05) is 17.7 Å². The molecule has 6 heteroatoms. The summed E-state index contributed by atoms with van der Waals surface area (Å²) in [6.07, 6.45) is 1.41. The van der Waals surface area contributed by atoms with E-state index >= 15 is 0 Å². The van der Waals surface area contributed by atoms with E-state index in [-0.39, 0.29) is 5.57 Å². The molecule has 2 aromatic carbocycles. The molecule has 0 aliphatic carbocycles. The molecule has 29 heavy (non-hydrogen) atoms. The quantitative estimate of drug-likeness (QED) is 0.411. The summed E-state index contributed by atoms with van der Waals surface area (Å²) in [5.41, 5.74) is 2.36.